The van der Waals surface area contributed by atoms with Crippen molar-refractivity contribution < 1.29 is 0 Å². The minimum atomic E-state index is 0.434. The van der Waals surface area contributed by atoms with Gasteiger partial charge >= 0.3 is 0 Å². The molecule has 0 amide bonds. The molecule has 2 heteroatoms. The molecule has 0 bridgehead atoms. The lowest BCUT2D eigenvalue weighted by Gasteiger charge is -2.35. The van der Waals surface area contributed by atoms with E-state index >= 15 is 0 Å². The van der Waals surface area contributed by atoms with Gasteiger partial charge in [0.1, 0.15) is 0 Å². The average molecular weight is 286 g/mol. The van der Waals surface area contributed by atoms with Crippen LogP contribution in [-0.2, 0) is 6.42 Å². The van der Waals surface area contributed by atoms with Gasteiger partial charge < -0.3 is 10.2 Å². The van der Waals surface area contributed by atoms with Gasteiger partial charge in [0.2, 0.25) is 0 Å². The highest BCUT2D eigenvalue weighted by molar-refractivity contribution is 5.59. The molecule has 3 rings (SSSR count). The first-order chi connectivity index (χ1) is 10.0. The van der Waals surface area contributed by atoms with E-state index in [4.69, 9.17) is 0 Å². The van der Waals surface area contributed by atoms with Crippen molar-refractivity contribution in [1.82, 2.24) is 5.32 Å². The molecule has 0 saturated heterocycles. The van der Waals surface area contributed by atoms with Crippen molar-refractivity contribution in [2.24, 2.45) is 11.3 Å². The summed E-state index contributed by atoms with van der Waals surface area (Å²) in [5.41, 5.74) is 3.44. The van der Waals surface area contributed by atoms with Crippen LogP contribution in [0.2, 0.25) is 0 Å². The molecule has 3 atom stereocenters. The van der Waals surface area contributed by atoms with Gasteiger partial charge in [0.25, 0.3) is 0 Å². The summed E-state index contributed by atoms with van der Waals surface area (Å²) in [7, 11) is 0. The molecule has 116 valence electrons. The van der Waals surface area contributed by atoms with E-state index in [0.717, 1.165) is 12.5 Å². The fourth-order valence-corrected chi connectivity index (χ4v) is 4.54. The Hall–Kier alpha value is -1.02. The highest BCUT2D eigenvalue weighted by atomic mass is 15.2. The molecule has 1 heterocycles. The summed E-state index contributed by atoms with van der Waals surface area (Å²) in [6, 6.07) is 10.3. The van der Waals surface area contributed by atoms with Crippen LogP contribution in [0.15, 0.2) is 24.3 Å². The number of benzene rings is 1. The molecule has 0 spiro atoms. The van der Waals surface area contributed by atoms with Crippen LogP contribution in [0.3, 0.4) is 0 Å². The van der Waals surface area contributed by atoms with Crippen molar-refractivity contribution in [1.29, 1.82) is 0 Å². The van der Waals surface area contributed by atoms with E-state index in [9.17, 15) is 0 Å². The Kier molecular flexibility index (Phi) is 4.00. The van der Waals surface area contributed by atoms with Crippen molar-refractivity contribution in [3.05, 3.63) is 29.8 Å². The van der Waals surface area contributed by atoms with E-state index < -0.39 is 0 Å². The maximum Gasteiger partial charge on any atom is 0.0402 e. The third-order valence-corrected chi connectivity index (χ3v) is 5.68. The molecule has 0 aromatic heterocycles. The zero-order valence-electron chi connectivity index (χ0n) is 14.0. The van der Waals surface area contributed by atoms with Gasteiger partial charge in [-0.15, -0.1) is 0 Å². The summed E-state index contributed by atoms with van der Waals surface area (Å²) < 4.78 is 0. The summed E-state index contributed by atoms with van der Waals surface area (Å²) in [5.74, 6) is 0.772. The minimum Gasteiger partial charge on any atom is -0.368 e. The molecule has 2 aliphatic rings. The number of hydrogen-bond acceptors (Lipinski definition) is 2. The number of fused-ring (bicyclic) bond motifs is 1. The molecule has 1 fully saturated rings. The highest BCUT2D eigenvalue weighted by Gasteiger charge is 2.42. The summed E-state index contributed by atoms with van der Waals surface area (Å²) in [6.07, 6.45) is 3.91. The zero-order chi connectivity index (χ0) is 15.0. The number of anilines is 1. The van der Waals surface area contributed by atoms with E-state index in [2.05, 4.69) is 62.2 Å². The predicted molar refractivity (Wildman–Crippen MR) is 90.9 cm³/mol. The largest absolute Gasteiger partial charge is 0.368 e. The summed E-state index contributed by atoms with van der Waals surface area (Å²) in [5, 5.41) is 3.77. The SMILES string of the molecule is CCNC1C(CN2c3ccccc3CC2C)CCC1(C)C. The lowest BCUT2D eigenvalue weighted by Crippen LogP contribution is -2.46. The molecule has 21 heavy (non-hydrogen) atoms. The van der Waals surface area contributed by atoms with Crippen LogP contribution in [-0.4, -0.2) is 25.2 Å². The first-order valence-corrected chi connectivity index (χ1v) is 8.61. The molecule has 1 aromatic carbocycles. The zero-order valence-corrected chi connectivity index (χ0v) is 14.0. The Labute approximate surface area is 129 Å². The first-order valence-electron chi connectivity index (χ1n) is 8.61. The first kappa shape index (κ1) is 14.9. The van der Waals surface area contributed by atoms with Crippen molar-refractivity contribution in [3.8, 4) is 0 Å². The van der Waals surface area contributed by atoms with Crippen molar-refractivity contribution >= 4 is 5.69 Å². The van der Waals surface area contributed by atoms with Gasteiger partial charge in [0.05, 0.1) is 0 Å². The highest BCUT2D eigenvalue weighted by Crippen LogP contribution is 2.43. The normalized spacial score (nSPS) is 30.7. The van der Waals surface area contributed by atoms with Crippen LogP contribution < -0.4 is 10.2 Å². The van der Waals surface area contributed by atoms with Crippen LogP contribution in [0.1, 0.15) is 46.1 Å². The number of nitrogens with one attached hydrogen (secondary N) is 1. The fourth-order valence-electron chi connectivity index (χ4n) is 4.54. The van der Waals surface area contributed by atoms with Crippen LogP contribution in [0.4, 0.5) is 5.69 Å². The third-order valence-electron chi connectivity index (χ3n) is 5.68. The molecule has 1 aliphatic carbocycles. The maximum atomic E-state index is 3.77. The monoisotopic (exact) mass is 286 g/mol. The van der Waals surface area contributed by atoms with E-state index in [0.29, 0.717) is 17.5 Å². The van der Waals surface area contributed by atoms with E-state index in [1.807, 2.05) is 0 Å². The second-order valence-electron chi connectivity index (χ2n) is 7.66. The Morgan fingerprint density at radius 2 is 2.05 bits per heavy atom. The molecule has 1 aromatic rings. The molecule has 2 nitrogen and oxygen atoms in total. The summed E-state index contributed by atoms with van der Waals surface area (Å²) in [6.45, 7) is 11.8. The smallest absolute Gasteiger partial charge is 0.0402 e. The van der Waals surface area contributed by atoms with E-state index in [-0.39, 0.29) is 0 Å². The van der Waals surface area contributed by atoms with Crippen molar-refractivity contribution in [2.75, 3.05) is 18.0 Å². The van der Waals surface area contributed by atoms with E-state index in [1.165, 1.54) is 37.1 Å². The molecule has 1 saturated carbocycles. The van der Waals surface area contributed by atoms with Gasteiger partial charge in [0.15, 0.2) is 0 Å². The quantitative estimate of drug-likeness (QED) is 0.904. The molecule has 3 unspecified atom stereocenters. The Bertz CT molecular complexity index is 494. The second-order valence-corrected chi connectivity index (χ2v) is 7.66. The van der Waals surface area contributed by atoms with Gasteiger partial charge in [-0.25, -0.2) is 0 Å². The standard InChI is InChI=1S/C19H30N2/c1-5-20-18-16(10-11-19(18,3)4)13-21-14(2)12-15-8-6-7-9-17(15)21/h6-9,14,16,18,20H,5,10-13H2,1-4H3. The van der Waals surface area contributed by atoms with Gasteiger partial charge in [-0.1, -0.05) is 39.0 Å². The lowest BCUT2D eigenvalue weighted by molar-refractivity contribution is 0.251. The van der Waals surface area contributed by atoms with Crippen LogP contribution in [0.25, 0.3) is 0 Å². The summed E-state index contributed by atoms with van der Waals surface area (Å²) >= 11 is 0. The van der Waals surface area contributed by atoms with E-state index in [1.54, 1.807) is 0 Å². The van der Waals surface area contributed by atoms with Crippen molar-refractivity contribution in [3.63, 3.8) is 0 Å². The fraction of sp³-hybridized carbons (Fsp3) is 0.684. The maximum absolute atomic E-state index is 3.77. The third kappa shape index (κ3) is 2.70. The number of hydrogen-bond donors (Lipinski definition) is 1. The Morgan fingerprint density at radius 1 is 1.29 bits per heavy atom. The Morgan fingerprint density at radius 3 is 2.81 bits per heavy atom. The molecule has 1 aliphatic heterocycles. The van der Waals surface area contributed by atoms with Crippen LogP contribution in [0, 0.1) is 11.3 Å². The molecule has 0 radical (unpaired) electrons. The number of rotatable bonds is 4. The lowest BCUT2D eigenvalue weighted by atomic mass is 9.84. The topological polar surface area (TPSA) is 15.3 Å². The Balaban J connectivity index is 1.77. The second kappa shape index (κ2) is 5.64. The molecule has 1 N–H and O–H groups in total. The minimum absolute atomic E-state index is 0.434. The molecular formula is C19H30N2. The average Bonchev–Trinajstić information content (AvgIpc) is 2.91. The van der Waals surface area contributed by atoms with Crippen LogP contribution >= 0.6 is 0 Å². The number of para-hydroxylation sites is 1. The van der Waals surface area contributed by atoms with Crippen LogP contribution in [0.5, 0.6) is 0 Å². The van der Waals surface area contributed by atoms with Gasteiger partial charge in [-0.3, -0.25) is 0 Å². The summed E-state index contributed by atoms with van der Waals surface area (Å²) in [4.78, 5) is 2.66. The van der Waals surface area contributed by atoms with Gasteiger partial charge in [0, 0.05) is 24.3 Å². The van der Waals surface area contributed by atoms with Gasteiger partial charge in [-0.2, -0.15) is 0 Å². The van der Waals surface area contributed by atoms with Crippen molar-refractivity contribution in [2.45, 2.75) is 59.0 Å². The number of nitrogens with zero attached hydrogens (tertiary/aromatic N) is 1. The predicted octanol–water partition coefficient (Wildman–Crippen LogP) is 3.85. The van der Waals surface area contributed by atoms with Gasteiger partial charge in [-0.05, 0) is 55.7 Å². The molecular weight excluding hydrogens is 256 g/mol.